The van der Waals surface area contributed by atoms with Crippen molar-refractivity contribution in [2.45, 2.75) is 25.0 Å². The zero-order valence-electron chi connectivity index (χ0n) is 14.4. The normalized spacial score (nSPS) is 18.5. The number of hydrogen-bond acceptors (Lipinski definition) is 6. The Morgan fingerprint density at radius 3 is 2.84 bits per heavy atom. The Hall–Kier alpha value is -1.76. The third-order valence-electron chi connectivity index (χ3n) is 4.95. The van der Waals surface area contributed by atoms with E-state index in [1.54, 1.807) is 18.4 Å². The molecule has 0 radical (unpaired) electrons. The summed E-state index contributed by atoms with van der Waals surface area (Å²) in [6, 6.07) is 11.0. The fourth-order valence-corrected chi connectivity index (χ4v) is 4.27. The first-order chi connectivity index (χ1) is 12.3. The molecule has 1 aromatic heterocycles. The number of benzene rings is 1. The van der Waals surface area contributed by atoms with Crippen LogP contribution in [0.15, 0.2) is 35.7 Å². The van der Waals surface area contributed by atoms with E-state index < -0.39 is 0 Å². The third-order valence-corrected chi connectivity index (χ3v) is 5.92. The minimum atomic E-state index is 0.145. The van der Waals surface area contributed by atoms with Crippen LogP contribution in [0, 0.1) is 0 Å². The molecule has 3 heterocycles. The molecule has 4 rings (SSSR count). The Bertz CT molecular complexity index is 684. The molecule has 1 aromatic carbocycles. The standard InChI is InChI=1S/C19H24N2O3S/c1-22-18(19-3-2-10-25-19)12-20-14-6-8-21(9-7-14)15-4-5-16-17(11-15)24-13-23-16/h2-5,10-11,14,18,20H,6-9,12-13H2,1H3/t18-/m1/s1. The van der Waals surface area contributed by atoms with E-state index in [0.717, 1.165) is 44.0 Å². The van der Waals surface area contributed by atoms with Gasteiger partial charge in [0.15, 0.2) is 11.5 Å². The number of thiophene rings is 1. The van der Waals surface area contributed by atoms with E-state index in [1.807, 2.05) is 6.07 Å². The van der Waals surface area contributed by atoms with Gasteiger partial charge in [0.2, 0.25) is 6.79 Å². The molecule has 0 unspecified atom stereocenters. The number of methoxy groups -OCH3 is 1. The summed E-state index contributed by atoms with van der Waals surface area (Å²) in [6.07, 6.45) is 2.41. The van der Waals surface area contributed by atoms with Crippen LogP contribution >= 0.6 is 11.3 Å². The molecule has 0 aliphatic carbocycles. The quantitative estimate of drug-likeness (QED) is 0.855. The number of anilines is 1. The van der Waals surface area contributed by atoms with Gasteiger partial charge in [-0.1, -0.05) is 6.07 Å². The molecule has 1 atom stereocenters. The molecule has 2 aliphatic heterocycles. The molecule has 134 valence electrons. The first-order valence-corrected chi connectivity index (χ1v) is 9.65. The van der Waals surface area contributed by atoms with Crippen LogP contribution in [0.4, 0.5) is 5.69 Å². The average Bonchev–Trinajstić information content (AvgIpc) is 3.34. The summed E-state index contributed by atoms with van der Waals surface area (Å²) in [5.41, 5.74) is 1.22. The summed E-state index contributed by atoms with van der Waals surface area (Å²) in [5.74, 6) is 1.70. The highest BCUT2D eigenvalue weighted by molar-refractivity contribution is 7.10. The smallest absolute Gasteiger partial charge is 0.231 e. The van der Waals surface area contributed by atoms with Crippen molar-refractivity contribution >= 4 is 17.0 Å². The van der Waals surface area contributed by atoms with E-state index in [1.165, 1.54) is 10.6 Å². The molecule has 1 saturated heterocycles. The zero-order chi connectivity index (χ0) is 17.1. The van der Waals surface area contributed by atoms with E-state index in [0.29, 0.717) is 12.8 Å². The van der Waals surface area contributed by atoms with Crippen molar-refractivity contribution in [3.05, 3.63) is 40.6 Å². The highest BCUT2D eigenvalue weighted by Gasteiger charge is 2.22. The van der Waals surface area contributed by atoms with Gasteiger partial charge in [-0.3, -0.25) is 0 Å². The van der Waals surface area contributed by atoms with Crippen molar-refractivity contribution < 1.29 is 14.2 Å². The van der Waals surface area contributed by atoms with Gasteiger partial charge in [0.1, 0.15) is 6.10 Å². The van der Waals surface area contributed by atoms with Crippen molar-refractivity contribution in [3.8, 4) is 11.5 Å². The maximum atomic E-state index is 5.63. The van der Waals surface area contributed by atoms with Gasteiger partial charge in [0.05, 0.1) is 0 Å². The number of hydrogen-bond donors (Lipinski definition) is 1. The predicted molar refractivity (Wildman–Crippen MR) is 99.9 cm³/mol. The second-order valence-corrected chi connectivity index (χ2v) is 7.43. The lowest BCUT2D eigenvalue weighted by Gasteiger charge is -2.34. The van der Waals surface area contributed by atoms with Crippen LogP contribution < -0.4 is 19.7 Å². The SMILES string of the molecule is CO[C@H](CNC1CCN(c2ccc3c(c2)OCO3)CC1)c1cccs1. The minimum absolute atomic E-state index is 0.145. The monoisotopic (exact) mass is 360 g/mol. The summed E-state index contributed by atoms with van der Waals surface area (Å²) in [7, 11) is 1.79. The Balaban J connectivity index is 1.28. The van der Waals surface area contributed by atoms with E-state index in [4.69, 9.17) is 14.2 Å². The summed E-state index contributed by atoms with van der Waals surface area (Å²) in [4.78, 5) is 3.71. The van der Waals surface area contributed by atoms with Gasteiger partial charge < -0.3 is 24.4 Å². The van der Waals surface area contributed by atoms with Crippen molar-refractivity contribution in [1.82, 2.24) is 5.32 Å². The fourth-order valence-electron chi connectivity index (χ4n) is 3.47. The van der Waals surface area contributed by atoms with E-state index in [9.17, 15) is 0 Å². The van der Waals surface area contributed by atoms with Gasteiger partial charge in [0.25, 0.3) is 0 Å². The maximum absolute atomic E-state index is 5.63. The lowest BCUT2D eigenvalue weighted by molar-refractivity contribution is 0.101. The molecule has 0 amide bonds. The molecular formula is C19H24N2O3S. The number of rotatable bonds is 6. The van der Waals surface area contributed by atoms with Gasteiger partial charge in [-0.25, -0.2) is 0 Å². The number of ether oxygens (including phenoxy) is 3. The topological polar surface area (TPSA) is 43.0 Å². The molecule has 0 saturated carbocycles. The van der Waals surface area contributed by atoms with Crippen molar-refractivity contribution in [2.75, 3.05) is 38.4 Å². The van der Waals surface area contributed by atoms with Crippen LogP contribution in [0.25, 0.3) is 0 Å². The zero-order valence-corrected chi connectivity index (χ0v) is 15.3. The van der Waals surface area contributed by atoms with Gasteiger partial charge in [-0.2, -0.15) is 0 Å². The lowest BCUT2D eigenvalue weighted by atomic mass is 10.0. The van der Waals surface area contributed by atoms with E-state index in [-0.39, 0.29) is 6.10 Å². The van der Waals surface area contributed by atoms with Crippen LogP contribution in [0.1, 0.15) is 23.8 Å². The largest absolute Gasteiger partial charge is 0.454 e. The second kappa shape index (κ2) is 7.64. The Morgan fingerprint density at radius 1 is 1.24 bits per heavy atom. The number of nitrogens with one attached hydrogen (secondary N) is 1. The predicted octanol–water partition coefficient (Wildman–Crippen LogP) is 3.42. The molecule has 5 nitrogen and oxygen atoms in total. The van der Waals surface area contributed by atoms with Gasteiger partial charge >= 0.3 is 0 Å². The van der Waals surface area contributed by atoms with Gasteiger partial charge in [-0.05, 0) is 36.4 Å². The summed E-state index contributed by atoms with van der Waals surface area (Å²) < 4.78 is 16.5. The first-order valence-electron chi connectivity index (χ1n) is 8.77. The Morgan fingerprint density at radius 2 is 2.08 bits per heavy atom. The highest BCUT2D eigenvalue weighted by Crippen LogP contribution is 2.36. The van der Waals surface area contributed by atoms with Crippen LogP contribution in [0.5, 0.6) is 11.5 Å². The molecule has 25 heavy (non-hydrogen) atoms. The average molecular weight is 360 g/mol. The Kier molecular flexibility index (Phi) is 5.10. The first kappa shape index (κ1) is 16.7. The molecule has 2 aromatic rings. The number of nitrogens with zero attached hydrogens (tertiary/aromatic N) is 1. The number of fused-ring (bicyclic) bond motifs is 1. The summed E-state index contributed by atoms with van der Waals surface area (Å²) in [6.45, 7) is 3.29. The lowest BCUT2D eigenvalue weighted by Crippen LogP contribution is -2.43. The molecular weight excluding hydrogens is 336 g/mol. The van der Waals surface area contributed by atoms with Gasteiger partial charge in [0, 0.05) is 49.4 Å². The van der Waals surface area contributed by atoms with E-state index >= 15 is 0 Å². The molecule has 1 N–H and O–H groups in total. The fraction of sp³-hybridized carbons (Fsp3) is 0.474. The molecule has 0 bridgehead atoms. The maximum Gasteiger partial charge on any atom is 0.231 e. The van der Waals surface area contributed by atoms with Crippen molar-refractivity contribution in [2.24, 2.45) is 0 Å². The molecule has 2 aliphatic rings. The van der Waals surface area contributed by atoms with Crippen LogP contribution in [-0.2, 0) is 4.74 Å². The van der Waals surface area contributed by atoms with E-state index in [2.05, 4.69) is 39.9 Å². The summed E-state index contributed by atoms with van der Waals surface area (Å²) in [5, 5.41) is 5.79. The van der Waals surface area contributed by atoms with Crippen molar-refractivity contribution in [1.29, 1.82) is 0 Å². The third kappa shape index (κ3) is 3.76. The van der Waals surface area contributed by atoms with Crippen molar-refractivity contribution in [3.63, 3.8) is 0 Å². The minimum Gasteiger partial charge on any atom is -0.454 e. The van der Waals surface area contributed by atoms with Crippen LogP contribution in [-0.4, -0.2) is 39.6 Å². The number of piperidine rings is 1. The second-order valence-electron chi connectivity index (χ2n) is 6.45. The molecule has 1 fully saturated rings. The van der Waals surface area contributed by atoms with Crippen LogP contribution in [0.2, 0.25) is 0 Å². The highest BCUT2D eigenvalue weighted by atomic mass is 32.1. The Labute approximate surface area is 152 Å². The molecule has 0 spiro atoms. The molecule has 6 heteroatoms. The summed E-state index contributed by atoms with van der Waals surface area (Å²) >= 11 is 1.75. The van der Waals surface area contributed by atoms with Crippen LogP contribution in [0.3, 0.4) is 0 Å². The van der Waals surface area contributed by atoms with Gasteiger partial charge in [-0.15, -0.1) is 11.3 Å².